The fourth-order valence-electron chi connectivity index (χ4n) is 1.25. The van der Waals surface area contributed by atoms with E-state index in [-0.39, 0.29) is 12.0 Å². The zero-order chi connectivity index (χ0) is 12.3. The van der Waals surface area contributed by atoms with E-state index in [0.717, 1.165) is 6.07 Å². The summed E-state index contributed by atoms with van der Waals surface area (Å²) in [4.78, 5) is 21.5. The van der Waals surface area contributed by atoms with Gasteiger partial charge in [-0.2, -0.15) is 0 Å². The van der Waals surface area contributed by atoms with Gasteiger partial charge in [0.1, 0.15) is 5.82 Å². The molecule has 1 aromatic rings. The molecule has 6 heteroatoms. The van der Waals surface area contributed by atoms with Gasteiger partial charge in [0.15, 0.2) is 5.54 Å². The third-order valence-corrected chi connectivity index (χ3v) is 2.74. The van der Waals surface area contributed by atoms with Gasteiger partial charge in [0.05, 0.1) is 0 Å². The molecule has 1 atom stereocenters. The van der Waals surface area contributed by atoms with Crippen molar-refractivity contribution in [2.24, 2.45) is 0 Å². The van der Waals surface area contributed by atoms with Gasteiger partial charge in [-0.05, 0) is 25.1 Å². The van der Waals surface area contributed by atoms with E-state index < -0.39 is 17.3 Å². The Hall–Kier alpha value is -1.43. The summed E-state index contributed by atoms with van der Waals surface area (Å²) >= 11 is 3.11. The SMILES string of the molecule is CC(NC=O)(C(=O)O)c1cc(Br)ccc1F. The van der Waals surface area contributed by atoms with E-state index in [4.69, 9.17) is 5.11 Å². The standard InChI is InChI=1S/C10H9BrFNO3/c1-10(9(15)16,13-5-14)7-4-6(11)2-3-8(7)12/h2-5H,1H3,(H,13,14)(H,15,16). The van der Waals surface area contributed by atoms with Gasteiger partial charge >= 0.3 is 5.97 Å². The van der Waals surface area contributed by atoms with Gasteiger partial charge in [0.25, 0.3) is 0 Å². The lowest BCUT2D eigenvalue weighted by Gasteiger charge is -2.25. The highest BCUT2D eigenvalue weighted by atomic mass is 79.9. The van der Waals surface area contributed by atoms with Crippen molar-refractivity contribution in [1.29, 1.82) is 0 Å². The van der Waals surface area contributed by atoms with E-state index in [2.05, 4.69) is 21.2 Å². The van der Waals surface area contributed by atoms with E-state index in [1.165, 1.54) is 19.1 Å². The molecule has 2 N–H and O–H groups in total. The van der Waals surface area contributed by atoms with Gasteiger partial charge in [-0.25, -0.2) is 9.18 Å². The Balaban J connectivity index is 3.36. The van der Waals surface area contributed by atoms with Crippen molar-refractivity contribution < 1.29 is 19.1 Å². The summed E-state index contributed by atoms with van der Waals surface area (Å²) < 4.78 is 14.0. The van der Waals surface area contributed by atoms with Crippen LogP contribution in [-0.4, -0.2) is 17.5 Å². The normalized spacial score (nSPS) is 13.9. The second kappa shape index (κ2) is 4.61. The van der Waals surface area contributed by atoms with E-state index in [9.17, 15) is 14.0 Å². The van der Waals surface area contributed by atoms with Crippen LogP contribution < -0.4 is 5.32 Å². The fourth-order valence-corrected chi connectivity index (χ4v) is 1.61. The van der Waals surface area contributed by atoms with Crippen LogP contribution in [0.1, 0.15) is 12.5 Å². The first-order chi connectivity index (χ1) is 7.41. The number of carbonyl (C=O) groups is 2. The zero-order valence-corrected chi connectivity index (χ0v) is 9.92. The Morgan fingerprint density at radius 2 is 2.25 bits per heavy atom. The van der Waals surface area contributed by atoms with Gasteiger partial charge in [-0.1, -0.05) is 15.9 Å². The van der Waals surface area contributed by atoms with Crippen LogP contribution in [-0.2, 0) is 15.1 Å². The van der Waals surface area contributed by atoms with Crippen LogP contribution in [0.15, 0.2) is 22.7 Å². The number of rotatable bonds is 4. The van der Waals surface area contributed by atoms with Gasteiger partial charge in [0, 0.05) is 10.0 Å². The predicted molar refractivity (Wildman–Crippen MR) is 58.3 cm³/mol. The predicted octanol–water partition coefficient (Wildman–Crippen LogP) is 1.63. The second-order valence-corrected chi connectivity index (χ2v) is 4.23. The maximum absolute atomic E-state index is 13.5. The van der Waals surface area contributed by atoms with Crippen molar-refractivity contribution in [1.82, 2.24) is 5.32 Å². The first-order valence-corrected chi connectivity index (χ1v) is 5.11. The molecular weight excluding hydrogens is 281 g/mol. The lowest BCUT2D eigenvalue weighted by molar-refractivity contribution is -0.146. The number of carboxylic acid groups (broad SMARTS) is 1. The van der Waals surface area contributed by atoms with E-state index in [1.807, 2.05) is 0 Å². The Labute approximate surface area is 99.6 Å². The Morgan fingerprint density at radius 3 is 2.75 bits per heavy atom. The van der Waals surface area contributed by atoms with Gasteiger partial charge in [-0.15, -0.1) is 0 Å². The van der Waals surface area contributed by atoms with Crippen molar-refractivity contribution in [2.45, 2.75) is 12.5 Å². The minimum atomic E-state index is -1.78. The highest BCUT2D eigenvalue weighted by Crippen LogP contribution is 2.26. The van der Waals surface area contributed by atoms with Crippen molar-refractivity contribution in [3.63, 3.8) is 0 Å². The number of hydrogen-bond donors (Lipinski definition) is 2. The molecule has 0 spiro atoms. The summed E-state index contributed by atoms with van der Waals surface area (Å²) in [6.45, 7) is 1.22. The third kappa shape index (κ3) is 2.21. The minimum absolute atomic E-state index is 0.110. The summed E-state index contributed by atoms with van der Waals surface area (Å²) in [5, 5.41) is 11.1. The van der Waals surface area contributed by atoms with Crippen molar-refractivity contribution in [3.8, 4) is 0 Å². The summed E-state index contributed by atoms with van der Waals surface area (Å²) in [5.74, 6) is -2.03. The Morgan fingerprint density at radius 1 is 1.62 bits per heavy atom. The molecular formula is C10H9BrFNO3. The largest absolute Gasteiger partial charge is 0.479 e. The first-order valence-electron chi connectivity index (χ1n) is 4.32. The van der Waals surface area contributed by atoms with Crippen molar-refractivity contribution >= 4 is 28.3 Å². The molecule has 0 aliphatic heterocycles. The van der Waals surface area contributed by atoms with E-state index in [0.29, 0.717) is 4.47 Å². The Kier molecular flexibility index (Phi) is 3.64. The zero-order valence-electron chi connectivity index (χ0n) is 8.33. The molecule has 0 aromatic heterocycles. The average Bonchev–Trinajstić information content (AvgIpc) is 2.21. The van der Waals surface area contributed by atoms with Gasteiger partial charge in [0.2, 0.25) is 6.41 Å². The summed E-state index contributed by atoms with van der Waals surface area (Å²) in [6.07, 6.45) is 0.231. The molecule has 0 fully saturated rings. The number of hydrogen-bond acceptors (Lipinski definition) is 2. The number of benzene rings is 1. The average molecular weight is 290 g/mol. The fraction of sp³-hybridized carbons (Fsp3) is 0.200. The van der Waals surface area contributed by atoms with Crippen LogP contribution in [0.25, 0.3) is 0 Å². The molecule has 1 unspecified atom stereocenters. The molecule has 0 bridgehead atoms. The number of aliphatic carboxylic acids is 1. The maximum Gasteiger partial charge on any atom is 0.333 e. The van der Waals surface area contributed by atoms with Gasteiger partial charge < -0.3 is 10.4 Å². The van der Waals surface area contributed by atoms with Crippen LogP contribution in [0.4, 0.5) is 4.39 Å². The molecule has 0 aliphatic rings. The lowest BCUT2D eigenvalue weighted by Crippen LogP contribution is -2.46. The number of carbonyl (C=O) groups excluding carboxylic acids is 1. The summed E-state index contributed by atoms with van der Waals surface area (Å²) in [7, 11) is 0. The molecule has 0 heterocycles. The highest BCUT2D eigenvalue weighted by Gasteiger charge is 2.37. The van der Waals surface area contributed by atoms with Gasteiger partial charge in [-0.3, -0.25) is 4.79 Å². The van der Waals surface area contributed by atoms with E-state index in [1.54, 1.807) is 0 Å². The molecule has 0 saturated heterocycles. The number of carboxylic acids is 1. The van der Waals surface area contributed by atoms with Crippen LogP contribution in [0.3, 0.4) is 0 Å². The molecule has 1 aromatic carbocycles. The molecule has 86 valence electrons. The first kappa shape index (κ1) is 12.6. The Bertz CT molecular complexity index is 438. The smallest absolute Gasteiger partial charge is 0.333 e. The quantitative estimate of drug-likeness (QED) is 0.828. The van der Waals surface area contributed by atoms with Crippen molar-refractivity contribution in [2.75, 3.05) is 0 Å². The van der Waals surface area contributed by atoms with Crippen LogP contribution >= 0.6 is 15.9 Å². The molecule has 0 saturated carbocycles. The van der Waals surface area contributed by atoms with Crippen LogP contribution in [0.2, 0.25) is 0 Å². The lowest BCUT2D eigenvalue weighted by atomic mass is 9.92. The molecule has 1 rings (SSSR count). The molecule has 1 amide bonds. The summed E-state index contributed by atoms with van der Waals surface area (Å²) in [5.41, 5.74) is -1.89. The monoisotopic (exact) mass is 289 g/mol. The topological polar surface area (TPSA) is 66.4 Å². The molecule has 4 nitrogen and oxygen atoms in total. The highest BCUT2D eigenvalue weighted by molar-refractivity contribution is 9.10. The third-order valence-electron chi connectivity index (χ3n) is 2.24. The van der Waals surface area contributed by atoms with Crippen LogP contribution in [0, 0.1) is 5.82 Å². The number of amides is 1. The maximum atomic E-state index is 13.5. The van der Waals surface area contributed by atoms with Crippen LogP contribution in [0.5, 0.6) is 0 Å². The minimum Gasteiger partial charge on any atom is -0.479 e. The molecule has 0 radical (unpaired) electrons. The second-order valence-electron chi connectivity index (χ2n) is 3.32. The van der Waals surface area contributed by atoms with Crippen molar-refractivity contribution in [3.05, 3.63) is 34.1 Å². The van der Waals surface area contributed by atoms with E-state index >= 15 is 0 Å². The number of halogens is 2. The number of nitrogens with one attached hydrogen (secondary N) is 1. The summed E-state index contributed by atoms with van der Waals surface area (Å²) in [6, 6.07) is 3.90. The molecule has 0 aliphatic carbocycles. The molecule has 16 heavy (non-hydrogen) atoms.